The van der Waals surface area contributed by atoms with Crippen molar-refractivity contribution in [3.05, 3.63) is 0 Å². The molecule has 0 radical (unpaired) electrons. The summed E-state index contributed by atoms with van der Waals surface area (Å²) in [5.41, 5.74) is -5.92. The number of carbonyl (C=O) groups excluding carboxylic acids is 16. The lowest BCUT2D eigenvalue weighted by atomic mass is 9.68. The molecule has 8 aliphatic heterocycles. The van der Waals surface area contributed by atoms with E-state index in [0.717, 1.165) is 135 Å². The minimum Gasteiger partial charge on any atom is -0.461 e. The number of ketones is 1. The number of esters is 15. The van der Waals surface area contributed by atoms with Crippen LogP contribution in [0.15, 0.2) is 0 Å². The van der Waals surface area contributed by atoms with Gasteiger partial charge < -0.3 is 71.1 Å². The Morgan fingerprint density at radius 3 is 1.39 bits per heavy atom. The van der Waals surface area contributed by atoms with Gasteiger partial charge in [-0.3, -0.25) is 76.7 Å². The zero-order valence-corrected chi connectivity index (χ0v) is 94.4. The van der Waals surface area contributed by atoms with Crippen LogP contribution in [0.4, 0.5) is 0 Å². The van der Waals surface area contributed by atoms with Crippen LogP contribution >= 0.6 is 0 Å². The number of nitrogens with zero attached hydrogens (tertiary/aromatic N) is 1. The van der Waals surface area contributed by atoms with Crippen molar-refractivity contribution < 1.29 is 148 Å². The third-order valence-corrected chi connectivity index (χ3v) is 43.3. The van der Waals surface area contributed by atoms with Crippen molar-refractivity contribution in [2.75, 3.05) is 0 Å². The highest BCUT2D eigenvalue weighted by molar-refractivity contribution is 5.88. The van der Waals surface area contributed by atoms with Crippen molar-refractivity contribution in [2.24, 2.45) is 184 Å². The molecule has 834 valence electrons. The van der Waals surface area contributed by atoms with Crippen LogP contribution in [0.1, 0.15) is 361 Å². The smallest absolute Gasteiger partial charge is 0.327 e. The van der Waals surface area contributed by atoms with Crippen molar-refractivity contribution in [1.82, 2.24) is 0 Å². The molecule has 8 saturated heterocycles. The first-order chi connectivity index (χ1) is 69.8. The van der Waals surface area contributed by atoms with Crippen molar-refractivity contribution in [2.45, 2.75) is 452 Å². The first-order valence-corrected chi connectivity index (χ1v) is 56.9. The van der Waals surface area contributed by atoms with Crippen molar-refractivity contribution >= 4 is 95.3 Å². The summed E-state index contributed by atoms with van der Waals surface area (Å²) in [6, 6.07) is 2.15. The van der Waals surface area contributed by atoms with Crippen molar-refractivity contribution in [3.8, 4) is 6.07 Å². The molecule has 39 atom stereocenters. The average molecular weight is 2100 g/mol. The Hall–Kier alpha value is -8.79. The summed E-state index contributed by atoms with van der Waals surface area (Å²) in [5.74, 6) is 2.11. The Balaban J connectivity index is 0.000000122. The summed E-state index contributed by atoms with van der Waals surface area (Å²) in [6.07, 6.45) is 17.2. The lowest BCUT2D eigenvalue weighted by molar-refractivity contribution is -0.188. The third-order valence-electron chi connectivity index (χ3n) is 43.3. The summed E-state index contributed by atoms with van der Waals surface area (Å²) in [5, 5.41) is 9.31. The van der Waals surface area contributed by atoms with E-state index in [1.54, 1.807) is 0 Å². The van der Waals surface area contributed by atoms with E-state index in [0.29, 0.717) is 67.0 Å². The molecule has 150 heavy (non-hydrogen) atoms. The molecule has 15 saturated carbocycles. The van der Waals surface area contributed by atoms with Gasteiger partial charge in [-0.1, -0.05) is 83.1 Å². The molecule has 0 spiro atoms. The molecule has 0 aromatic rings. The third kappa shape index (κ3) is 19.3. The van der Waals surface area contributed by atoms with Crippen molar-refractivity contribution in [3.63, 3.8) is 0 Å². The SMILES string of the molecule is CCC(C)(C)C(=O)CC1C2OC(=O)C3CC1(C)CC32.CCC(C)(C)C(=O)OC1(C)C2CC3C(=O)OC1C3C2.CCC(C)(C)C(=O)OC1C2CC3C(=O)OC1(C)C3C2.CCC(C)(C)C(=O)OC1C2CC3C(=O)OC1C3C2.CCC(C)(C)C(=O)OC1C2CC3C1OC(=O)C3(C#N)C2.CCC(C)(C)C(=O)OC1C2CC3C1OC(=O)C3(C)C2.CCC(C)(C)C(=O)OC1C2CC3C1OC(=O)C3C2C.CCC(C)(C)C(=O)OC1CCC2CC1OC2=O. The second-order valence-electron chi connectivity index (χ2n) is 55.1. The number of hydrogen-bond acceptors (Lipinski definition) is 32. The Labute approximate surface area is 885 Å². The second-order valence-corrected chi connectivity index (χ2v) is 55.1. The van der Waals surface area contributed by atoms with Gasteiger partial charge in [0.15, 0.2) is 5.41 Å². The standard InChI is InChI=1S/C16H24O3.C15H19NO4.4C15H22O4.C14H20O4.C13H20O4/c1-5-15(2,3)12(17)6-11-13-9-7-16(11,4)8-10(9)14(18)19-13;1-4-14(2,3)12(17)19-10-8-5-9-11(10)20-13(18)15(9,6-8)7-16;1-5-14(2,3)12(16)18-10-8-6-9-11(10)19-13(17)15(9,4)7-8;1-5-14(2,3)13(17)19-15(4)8-6-9-10(7-8)12(16)18-11(9)15;1-5-14(2,3)13(17)18-11-8-6-9-10(7-8)15(11,4)19-12(9)16;1-5-15(3,4)14(17)19-11-8-6-9-10(7(8)2)13(16)18-12(9)11;1-4-14(2,3)13(16)18-10-7-5-8-9(6-7)12(15)17-11(8)10;1-4-13(2,3)12(15)17-9-6-5-8-7-10(9)16-11(8)14/h9-11,13H,5-8H2,1-4H3;8-11H,4-6H2,1-3H3;3*8-11H,5-7H2,1-4H3;7-12H,5-6H2,1-4H3;7-11H,4-6H2,1-3H3;8-10H,4-7H2,1-3H3. The van der Waals surface area contributed by atoms with Crippen LogP contribution in [0, 0.1) is 195 Å². The number of rotatable bonds is 25. The van der Waals surface area contributed by atoms with Crippen LogP contribution in [-0.2, 0) is 148 Å². The van der Waals surface area contributed by atoms with Crippen LogP contribution in [0.3, 0.4) is 0 Å². The molecule has 16 bridgehead atoms. The zero-order chi connectivity index (χ0) is 110. The van der Waals surface area contributed by atoms with E-state index >= 15 is 0 Å². The van der Waals surface area contributed by atoms with Crippen molar-refractivity contribution in [1.29, 1.82) is 5.26 Å². The number of nitriles is 1. The highest BCUT2D eigenvalue weighted by atomic mass is 16.6. The van der Waals surface area contributed by atoms with Gasteiger partial charge in [0.2, 0.25) is 0 Å². The Morgan fingerprint density at radius 1 is 0.367 bits per heavy atom. The number of Topliss-reactive ketones (excluding diaryl/α,β-unsaturated/α-hetero) is 1. The molecular weight excluding hydrogens is 1930 g/mol. The fourth-order valence-electron chi connectivity index (χ4n) is 29.5. The van der Waals surface area contributed by atoms with Gasteiger partial charge in [0.25, 0.3) is 0 Å². The highest BCUT2D eigenvalue weighted by Gasteiger charge is 2.77. The Morgan fingerprint density at radius 2 is 0.827 bits per heavy atom. The maximum Gasteiger partial charge on any atom is 0.327 e. The molecule has 23 aliphatic rings. The average Bonchev–Trinajstić information content (AvgIpc) is 1.53. The fraction of sp³-hybridized carbons (Fsp3) is 0.856. The van der Waals surface area contributed by atoms with E-state index < -0.39 is 66.6 Å². The minimum absolute atomic E-state index is 0.0107. The predicted octanol–water partition coefficient (Wildman–Crippen LogP) is 17.8. The van der Waals surface area contributed by atoms with Crippen LogP contribution in [0.5, 0.6) is 0 Å². The number of hydrogen-bond donors (Lipinski definition) is 0. The summed E-state index contributed by atoms with van der Waals surface area (Å²) >= 11 is 0. The van der Waals surface area contributed by atoms with Gasteiger partial charge in [0.1, 0.15) is 96.3 Å². The molecule has 0 aromatic heterocycles. The zero-order valence-electron chi connectivity index (χ0n) is 94.4. The van der Waals surface area contributed by atoms with Crippen LogP contribution in [-0.4, -0.2) is 186 Å². The molecule has 23 fully saturated rings. The quantitative estimate of drug-likeness (QED) is 0.0605. The Bertz CT molecular complexity index is 5340. The fourth-order valence-corrected chi connectivity index (χ4v) is 29.5. The number of ether oxygens (including phenoxy) is 15. The molecular formula is C118H171NO31. The minimum atomic E-state index is -0.974. The van der Waals surface area contributed by atoms with Gasteiger partial charge in [0, 0.05) is 101 Å². The van der Waals surface area contributed by atoms with Gasteiger partial charge in [0.05, 0.1) is 84.9 Å². The molecule has 32 nitrogen and oxygen atoms in total. The second kappa shape index (κ2) is 40.1. The van der Waals surface area contributed by atoms with E-state index in [9.17, 15) is 82.0 Å². The normalized spacial score (nSPS) is 41.7. The van der Waals surface area contributed by atoms with E-state index in [2.05, 4.69) is 26.8 Å². The first-order valence-electron chi connectivity index (χ1n) is 56.9. The molecule has 15 aliphatic carbocycles. The predicted molar refractivity (Wildman–Crippen MR) is 537 cm³/mol. The molecule has 32 heteroatoms. The van der Waals surface area contributed by atoms with Gasteiger partial charge in [-0.15, -0.1) is 0 Å². The maximum absolute atomic E-state index is 12.5. The molecule has 0 aromatic carbocycles. The van der Waals surface area contributed by atoms with E-state index in [4.69, 9.17) is 71.1 Å². The summed E-state index contributed by atoms with van der Waals surface area (Å²) in [4.78, 5) is 192. The molecule has 39 unspecified atom stereocenters. The summed E-state index contributed by atoms with van der Waals surface area (Å²) in [6.45, 7) is 56.6. The monoisotopic (exact) mass is 2100 g/mol. The lowest BCUT2D eigenvalue weighted by Crippen LogP contribution is -2.49. The maximum atomic E-state index is 12.5. The number of fused-ring (bicyclic) bond motifs is 9. The van der Waals surface area contributed by atoms with E-state index in [1.807, 2.05) is 180 Å². The molecule has 0 amide bonds. The van der Waals surface area contributed by atoms with Crippen LogP contribution < -0.4 is 0 Å². The largest absolute Gasteiger partial charge is 0.461 e. The van der Waals surface area contributed by atoms with E-state index in [-0.39, 0.29) is 262 Å². The summed E-state index contributed by atoms with van der Waals surface area (Å²) in [7, 11) is 0. The number of carbonyl (C=O) groups is 16. The van der Waals surface area contributed by atoms with Gasteiger partial charge in [-0.25, -0.2) is 0 Å². The van der Waals surface area contributed by atoms with E-state index in [1.165, 1.54) is 0 Å². The Kier molecular flexibility index (Phi) is 30.4. The van der Waals surface area contributed by atoms with Gasteiger partial charge in [-0.2, -0.15) is 5.26 Å². The van der Waals surface area contributed by atoms with Crippen LogP contribution in [0.25, 0.3) is 0 Å². The van der Waals surface area contributed by atoms with Crippen LogP contribution in [0.2, 0.25) is 0 Å². The molecule has 8 heterocycles. The lowest BCUT2D eigenvalue weighted by Gasteiger charge is -2.38. The van der Waals surface area contributed by atoms with Gasteiger partial charge in [-0.05, 0) is 277 Å². The highest BCUT2D eigenvalue weighted by Crippen LogP contribution is 2.69. The molecule has 23 rings (SSSR count). The topological polar surface area (TPSA) is 435 Å². The molecule has 0 N–H and O–H groups in total. The van der Waals surface area contributed by atoms with Gasteiger partial charge >= 0.3 is 89.5 Å². The first kappa shape index (κ1) is 114. The summed E-state index contributed by atoms with van der Waals surface area (Å²) < 4.78 is 83.4.